The lowest BCUT2D eigenvalue weighted by Gasteiger charge is -2.20. The van der Waals surface area contributed by atoms with E-state index < -0.39 is 0 Å². The molecule has 0 aliphatic heterocycles. The predicted octanol–water partition coefficient (Wildman–Crippen LogP) is 5.67. The van der Waals surface area contributed by atoms with Gasteiger partial charge in [-0.1, -0.05) is 32.0 Å². The molecule has 31 heavy (non-hydrogen) atoms. The Bertz CT molecular complexity index is 1030. The van der Waals surface area contributed by atoms with Crippen molar-refractivity contribution in [3.63, 3.8) is 0 Å². The lowest BCUT2D eigenvalue weighted by molar-refractivity contribution is 0.221. The van der Waals surface area contributed by atoms with Crippen molar-refractivity contribution in [2.75, 3.05) is 26.1 Å². The molecule has 1 aromatic heterocycles. The summed E-state index contributed by atoms with van der Waals surface area (Å²) in [6.07, 6.45) is 4.12. The zero-order chi connectivity index (χ0) is 22.4. The normalized spacial score (nSPS) is 11.0. The van der Waals surface area contributed by atoms with Gasteiger partial charge in [-0.25, -0.2) is 4.79 Å². The Morgan fingerprint density at radius 2 is 1.97 bits per heavy atom. The Kier molecular flexibility index (Phi) is 7.45. The lowest BCUT2D eigenvalue weighted by Crippen LogP contribution is -2.31. The van der Waals surface area contributed by atoms with E-state index in [9.17, 15) is 4.79 Å². The number of amides is 2. The molecule has 0 radical (unpaired) electrons. The minimum absolute atomic E-state index is 0.179. The van der Waals surface area contributed by atoms with Crippen LogP contribution in [0.2, 0.25) is 0 Å². The van der Waals surface area contributed by atoms with Gasteiger partial charge in [-0.2, -0.15) is 0 Å². The summed E-state index contributed by atoms with van der Waals surface area (Å²) in [4.78, 5) is 14.5. The summed E-state index contributed by atoms with van der Waals surface area (Å²) in [5, 5.41) is 4.13. The second kappa shape index (κ2) is 10.2. The Labute approximate surface area is 184 Å². The lowest BCUT2D eigenvalue weighted by atomic mass is 10.1. The van der Waals surface area contributed by atoms with Crippen molar-refractivity contribution in [3.05, 3.63) is 54.2 Å². The molecular formula is C25H33N3O3. The third-order valence-corrected chi connectivity index (χ3v) is 5.33. The highest BCUT2D eigenvalue weighted by Gasteiger charge is 2.14. The van der Waals surface area contributed by atoms with Crippen LogP contribution >= 0.6 is 0 Å². The number of nitrogens with zero attached hydrogens (tertiary/aromatic N) is 2. The Balaban J connectivity index is 1.66. The molecule has 0 bridgehead atoms. The molecule has 6 nitrogen and oxygen atoms in total. The topological polar surface area (TPSA) is 55.7 Å². The molecule has 2 aromatic carbocycles. The fourth-order valence-corrected chi connectivity index (χ4v) is 3.66. The summed E-state index contributed by atoms with van der Waals surface area (Å²) in [5.41, 5.74) is 2.92. The van der Waals surface area contributed by atoms with Gasteiger partial charge in [0.25, 0.3) is 0 Å². The van der Waals surface area contributed by atoms with Crippen molar-refractivity contribution in [1.29, 1.82) is 0 Å². The fraction of sp³-hybridized carbons (Fsp3) is 0.400. The molecule has 0 spiro atoms. The maximum absolute atomic E-state index is 12.8. The minimum atomic E-state index is -0.179. The van der Waals surface area contributed by atoms with Crippen molar-refractivity contribution < 1.29 is 14.3 Å². The summed E-state index contributed by atoms with van der Waals surface area (Å²) in [5.74, 6) is 1.94. The second-order valence-electron chi connectivity index (χ2n) is 8.32. The number of benzene rings is 2. The summed E-state index contributed by atoms with van der Waals surface area (Å²) < 4.78 is 13.4. The highest BCUT2D eigenvalue weighted by Crippen LogP contribution is 2.31. The van der Waals surface area contributed by atoms with E-state index in [1.165, 1.54) is 5.39 Å². The first-order valence-electron chi connectivity index (χ1n) is 10.7. The van der Waals surface area contributed by atoms with Crippen LogP contribution in [0.1, 0.15) is 32.3 Å². The molecule has 0 aliphatic rings. The number of aryl methyl sites for hydroxylation is 1. The molecule has 166 valence electrons. The summed E-state index contributed by atoms with van der Waals surface area (Å²) in [6.45, 7) is 5.53. The van der Waals surface area contributed by atoms with Crippen molar-refractivity contribution in [2.24, 2.45) is 13.0 Å². The molecule has 6 heteroatoms. The van der Waals surface area contributed by atoms with Gasteiger partial charge in [-0.15, -0.1) is 0 Å². The van der Waals surface area contributed by atoms with E-state index >= 15 is 0 Å². The average molecular weight is 424 g/mol. The van der Waals surface area contributed by atoms with Crippen LogP contribution in [0.3, 0.4) is 0 Å². The van der Waals surface area contributed by atoms with Gasteiger partial charge in [0.2, 0.25) is 0 Å². The van der Waals surface area contributed by atoms with Crippen LogP contribution in [0.25, 0.3) is 10.9 Å². The molecule has 3 rings (SSSR count). The van der Waals surface area contributed by atoms with Crippen LogP contribution in [0.5, 0.6) is 11.5 Å². The van der Waals surface area contributed by atoms with Gasteiger partial charge in [0.05, 0.1) is 19.2 Å². The molecule has 0 atom stereocenters. The molecule has 0 saturated heterocycles. The first-order valence-corrected chi connectivity index (χ1v) is 10.7. The van der Waals surface area contributed by atoms with Crippen LogP contribution in [-0.4, -0.2) is 36.3 Å². The fourth-order valence-electron chi connectivity index (χ4n) is 3.66. The molecule has 0 aliphatic carbocycles. The third-order valence-electron chi connectivity index (χ3n) is 5.33. The van der Waals surface area contributed by atoms with Crippen molar-refractivity contribution >= 4 is 22.6 Å². The van der Waals surface area contributed by atoms with Crippen LogP contribution in [-0.2, 0) is 13.6 Å². The number of methoxy groups -OCH3 is 1. The van der Waals surface area contributed by atoms with E-state index in [0.717, 1.165) is 23.9 Å². The first kappa shape index (κ1) is 22.5. The number of carbonyl (C=O) groups is 1. The molecule has 3 aromatic rings. The SMILES string of the molecule is COc1ccc(NC(=O)N(C)Cc2cccc3ccn(C)c23)cc1OCCCC(C)C. The Morgan fingerprint density at radius 1 is 1.16 bits per heavy atom. The Morgan fingerprint density at radius 3 is 2.71 bits per heavy atom. The molecule has 1 heterocycles. The number of fused-ring (bicyclic) bond motifs is 1. The third kappa shape index (κ3) is 5.72. The maximum atomic E-state index is 12.8. The number of rotatable bonds is 9. The van der Waals surface area contributed by atoms with Crippen LogP contribution < -0.4 is 14.8 Å². The van der Waals surface area contributed by atoms with Crippen LogP contribution in [0, 0.1) is 5.92 Å². The predicted molar refractivity (Wildman–Crippen MR) is 126 cm³/mol. The molecule has 2 amide bonds. The minimum Gasteiger partial charge on any atom is -0.493 e. The monoisotopic (exact) mass is 423 g/mol. The quantitative estimate of drug-likeness (QED) is 0.452. The van der Waals surface area contributed by atoms with E-state index in [-0.39, 0.29) is 6.03 Å². The Hall–Kier alpha value is -3.15. The average Bonchev–Trinajstić information content (AvgIpc) is 3.13. The van der Waals surface area contributed by atoms with Gasteiger partial charge in [0, 0.05) is 38.6 Å². The molecule has 1 N–H and O–H groups in total. The van der Waals surface area contributed by atoms with Crippen LogP contribution in [0.15, 0.2) is 48.7 Å². The molecule has 0 unspecified atom stereocenters. The van der Waals surface area contributed by atoms with E-state index in [2.05, 4.69) is 41.9 Å². The van der Waals surface area contributed by atoms with E-state index in [0.29, 0.717) is 36.3 Å². The number of nitrogens with one attached hydrogen (secondary N) is 1. The largest absolute Gasteiger partial charge is 0.493 e. The van der Waals surface area contributed by atoms with Gasteiger partial charge < -0.3 is 24.3 Å². The number of hydrogen-bond donors (Lipinski definition) is 1. The van der Waals surface area contributed by atoms with Crippen molar-refractivity contribution in [1.82, 2.24) is 9.47 Å². The zero-order valence-electron chi connectivity index (χ0n) is 19.1. The van der Waals surface area contributed by atoms with Crippen LogP contribution in [0.4, 0.5) is 10.5 Å². The van der Waals surface area contributed by atoms with Crippen molar-refractivity contribution in [3.8, 4) is 11.5 Å². The van der Waals surface area contributed by atoms with E-state index in [4.69, 9.17) is 9.47 Å². The van der Waals surface area contributed by atoms with Gasteiger partial charge in [0.15, 0.2) is 11.5 Å². The molecular weight excluding hydrogens is 390 g/mol. The van der Waals surface area contributed by atoms with Gasteiger partial charge in [0.1, 0.15) is 0 Å². The van der Waals surface area contributed by atoms with E-state index in [1.807, 2.05) is 37.5 Å². The van der Waals surface area contributed by atoms with Gasteiger partial charge in [-0.3, -0.25) is 0 Å². The zero-order valence-corrected chi connectivity index (χ0v) is 19.1. The summed E-state index contributed by atoms with van der Waals surface area (Å²) in [6, 6.07) is 13.5. The highest BCUT2D eigenvalue weighted by molar-refractivity contribution is 5.90. The number of ether oxygens (including phenoxy) is 2. The van der Waals surface area contributed by atoms with Gasteiger partial charge in [-0.05, 0) is 47.9 Å². The second-order valence-corrected chi connectivity index (χ2v) is 8.32. The van der Waals surface area contributed by atoms with Crippen molar-refractivity contribution in [2.45, 2.75) is 33.2 Å². The number of carbonyl (C=O) groups excluding carboxylic acids is 1. The maximum Gasteiger partial charge on any atom is 0.321 e. The first-order chi connectivity index (χ1) is 14.9. The van der Waals surface area contributed by atoms with Gasteiger partial charge >= 0.3 is 6.03 Å². The van der Waals surface area contributed by atoms with E-state index in [1.54, 1.807) is 19.1 Å². The number of hydrogen-bond acceptors (Lipinski definition) is 3. The standard InChI is InChI=1S/C25H33N3O3/c1-18(2)8-7-15-31-23-16-21(11-12-22(23)30-5)26-25(29)28(4)17-20-10-6-9-19-13-14-27(3)24(19)20/h6,9-14,16,18H,7-8,15,17H2,1-5H3,(H,26,29). The molecule has 0 fully saturated rings. The number of aromatic nitrogens is 1. The number of anilines is 1. The highest BCUT2D eigenvalue weighted by atomic mass is 16.5. The number of para-hydroxylation sites is 1. The summed E-state index contributed by atoms with van der Waals surface area (Å²) in [7, 11) is 5.43. The smallest absolute Gasteiger partial charge is 0.321 e. The summed E-state index contributed by atoms with van der Waals surface area (Å²) >= 11 is 0. The molecule has 0 saturated carbocycles. The number of urea groups is 1.